The molecule has 9 heteroatoms. The van der Waals surface area contributed by atoms with E-state index in [4.69, 9.17) is 10.5 Å². The first-order valence-corrected chi connectivity index (χ1v) is 14.0. The van der Waals surface area contributed by atoms with Crippen LogP contribution in [0.15, 0.2) is 66.7 Å². The van der Waals surface area contributed by atoms with Gasteiger partial charge in [0.05, 0.1) is 0 Å². The largest absolute Gasteiger partial charge is 0.372 e. The number of halogens is 1. The van der Waals surface area contributed by atoms with E-state index in [2.05, 4.69) is 5.32 Å². The molecule has 0 heterocycles. The Morgan fingerprint density at radius 1 is 0.878 bits per heavy atom. The summed E-state index contributed by atoms with van der Waals surface area (Å²) >= 11 is 0. The van der Waals surface area contributed by atoms with Crippen LogP contribution in [0.25, 0.3) is 10.8 Å². The SMILES string of the molecule is CNC(=O)[C@@H](Cc1ccccc1F)N(C)C(=O)[C@@H](Cc1ccc2ccccc2c1)N(C)C(=O)COCCCCCN. The van der Waals surface area contributed by atoms with E-state index in [-0.39, 0.29) is 25.4 Å². The van der Waals surface area contributed by atoms with Gasteiger partial charge in [-0.1, -0.05) is 60.7 Å². The summed E-state index contributed by atoms with van der Waals surface area (Å²) < 4.78 is 20.1. The average molecular weight is 565 g/mol. The second kappa shape index (κ2) is 15.8. The number of nitrogens with one attached hydrogen (secondary N) is 1. The summed E-state index contributed by atoms with van der Waals surface area (Å²) in [5, 5.41) is 4.67. The van der Waals surface area contributed by atoms with E-state index >= 15 is 0 Å². The summed E-state index contributed by atoms with van der Waals surface area (Å²) in [5.74, 6) is -1.65. The molecule has 3 aromatic rings. The minimum absolute atomic E-state index is 0.0130. The summed E-state index contributed by atoms with van der Waals surface area (Å²) in [6.07, 6.45) is 2.82. The van der Waals surface area contributed by atoms with Gasteiger partial charge >= 0.3 is 0 Å². The highest BCUT2D eigenvalue weighted by molar-refractivity contribution is 5.92. The number of benzene rings is 3. The van der Waals surface area contributed by atoms with Crippen molar-refractivity contribution in [3.8, 4) is 0 Å². The molecule has 3 amide bonds. The van der Waals surface area contributed by atoms with E-state index in [1.807, 2.05) is 42.5 Å². The standard InChI is InChI=1S/C32H41FN4O4/c1-35-31(39)28(21-26-13-7-8-14-27(26)33)37(3)32(40)29(36(2)30(38)22-41-18-10-4-9-17-34)20-23-15-16-24-11-5-6-12-25(24)19-23/h5-8,11-16,19,28-29H,4,9-10,17-18,20-22,34H2,1-3H3,(H,35,39)/t28-,29-/m1/s1. The first-order valence-electron chi connectivity index (χ1n) is 14.0. The molecule has 3 N–H and O–H groups in total. The zero-order valence-corrected chi connectivity index (χ0v) is 24.1. The van der Waals surface area contributed by atoms with Crippen molar-refractivity contribution in [2.45, 2.75) is 44.2 Å². The summed E-state index contributed by atoms with van der Waals surface area (Å²) in [6, 6.07) is 18.1. The molecule has 8 nitrogen and oxygen atoms in total. The Bertz CT molecular complexity index is 1320. The molecule has 0 aliphatic heterocycles. The smallest absolute Gasteiger partial charge is 0.248 e. The van der Waals surface area contributed by atoms with Gasteiger partial charge in [-0.2, -0.15) is 0 Å². The van der Waals surface area contributed by atoms with Crippen LogP contribution in [0.1, 0.15) is 30.4 Å². The molecule has 0 radical (unpaired) electrons. The van der Waals surface area contributed by atoms with Crippen molar-refractivity contribution in [1.29, 1.82) is 0 Å². The summed E-state index contributed by atoms with van der Waals surface area (Å²) in [6.45, 7) is 0.865. The number of nitrogens with zero attached hydrogens (tertiary/aromatic N) is 2. The predicted octanol–water partition coefficient (Wildman–Crippen LogP) is 3.31. The van der Waals surface area contributed by atoms with E-state index in [0.29, 0.717) is 18.7 Å². The third kappa shape index (κ3) is 8.83. The number of ether oxygens (including phenoxy) is 1. The van der Waals surface area contributed by atoms with Crippen molar-refractivity contribution in [1.82, 2.24) is 15.1 Å². The average Bonchev–Trinajstić information content (AvgIpc) is 2.99. The molecule has 0 aliphatic rings. The zero-order chi connectivity index (χ0) is 29.8. The Hall–Kier alpha value is -3.82. The zero-order valence-electron chi connectivity index (χ0n) is 24.1. The molecule has 0 bridgehead atoms. The number of hydrogen-bond donors (Lipinski definition) is 2. The van der Waals surface area contributed by atoms with E-state index in [1.54, 1.807) is 25.2 Å². The molecule has 0 spiro atoms. The minimum atomic E-state index is -0.981. The van der Waals surface area contributed by atoms with Crippen molar-refractivity contribution in [2.75, 3.05) is 40.9 Å². The number of unbranched alkanes of at least 4 members (excludes halogenated alkanes) is 2. The summed E-state index contributed by atoms with van der Waals surface area (Å²) in [4.78, 5) is 42.8. The number of hydrogen-bond acceptors (Lipinski definition) is 5. The maximum Gasteiger partial charge on any atom is 0.248 e. The van der Waals surface area contributed by atoms with Gasteiger partial charge < -0.3 is 25.6 Å². The van der Waals surface area contributed by atoms with Gasteiger partial charge in [-0.3, -0.25) is 14.4 Å². The monoisotopic (exact) mass is 564 g/mol. The lowest BCUT2D eigenvalue weighted by Crippen LogP contribution is -2.56. The predicted molar refractivity (Wildman–Crippen MR) is 159 cm³/mol. The number of fused-ring (bicyclic) bond motifs is 1. The van der Waals surface area contributed by atoms with E-state index < -0.39 is 29.7 Å². The number of carbonyl (C=O) groups is 3. The van der Waals surface area contributed by atoms with Crippen LogP contribution in [0.5, 0.6) is 0 Å². The molecule has 0 aromatic heterocycles. The van der Waals surface area contributed by atoms with Gasteiger partial charge in [-0.15, -0.1) is 0 Å². The molecule has 0 saturated carbocycles. The minimum Gasteiger partial charge on any atom is -0.372 e. The van der Waals surface area contributed by atoms with Crippen LogP contribution in [0.2, 0.25) is 0 Å². The van der Waals surface area contributed by atoms with Crippen LogP contribution >= 0.6 is 0 Å². The molecular weight excluding hydrogens is 523 g/mol. The molecule has 0 fully saturated rings. The summed E-state index contributed by atoms with van der Waals surface area (Å²) in [7, 11) is 4.56. The molecule has 3 aromatic carbocycles. The highest BCUT2D eigenvalue weighted by atomic mass is 19.1. The molecule has 0 saturated heterocycles. The second-order valence-electron chi connectivity index (χ2n) is 10.2. The highest BCUT2D eigenvalue weighted by Crippen LogP contribution is 2.20. The molecule has 220 valence electrons. The fourth-order valence-corrected chi connectivity index (χ4v) is 4.77. The fourth-order valence-electron chi connectivity index (χ4n) is 4.77. The first-order chi connectivity index (χ1) is 19.8. The third-order valence-electron chi connectivity index (χ3n) is 7.34. The number of likely N-dealkylation sites (N-methyl/N-ethyl adjacent to an activating group) is 3. The fraction of sp³-hybridized carbons (Fsp3) is 0.406. The van der Waals surface area contributed by atoms with Gasteiger partial charge in [0.2, 0.25) is 17.7 Å². The Labute approximate surface area is 241 Å². The first kappa shape index (κ1) is 31.7. The van der Waals surface area contributed by atoms with E-state index in [0.717, 1.165) is 35.6 Å². The number of rotatable bonds is 15. The van der Waals surface area contributed by atoms with Gasteiger partial charge in [0.25, 0.3) is 0 Å². The molecule has 0 unspecified atom stereocenters. The Morgan fingerprint density at radius 3 is 2.29 bits per heavy atom. The van der Waals surface area contributed by atoms with Crippen molar-refractivity contribution in [2.24, 2.45) is 5.73 Å². The van der Waals surface area contributed by atoms with Crippen LogP contribution in [0, 0.1) is 5.82 Å². The van der Waals surface area contributed by atoms with Crippen molar-refractivity contribution in [3.63, 3.8) is 0 Å². The molecule has 3 rings (SSSR count). The van der Waals surface area contributed by atoms with Gasteiger partial charge in [-0.05, 0) is 53.8 Å². The lowest BCUT2D eigenvalue weighted by Gasteiger charge is -2.34. The van der Waals surface area contributed by atoms with Crippen LogP contribution in [-0.4, -0.2) is 80.5 Å². The van der Waals surface area contributed by atoms with Crippen LogP contribution < -0.4 is 11.1 Å². The maximum atomic E-state index is 14.5. The lowest BCUT2D eigenvalue weighted by atomic mass is 9.98. The van der Waals surface area contributed by atoms with Gasteiger partial charge in [0, 0.05) is 40.6 Å². The maximum absolute atomic E-state index is 14.5. The molecular formula is C32H41FN4O4. The van der Waals surface area contributed by atoms with Crippen LogP contribution in [0.4, 0.5) is 4.39 Å². The number of amides is 3. The van der Waals surface area contributed by atoms with E-state index in [1.165, 1.54) is 30.0 Å². The van der Waals surface area contributed by atoms with Crippen molar-refractivity contribution in [3.05, 3.63) is 83.7 Å². The van der Waals surface area contributed by atoms with Crippen LogP contribution in [-0.2, 0) is 32.0 Å². The second-order valence-corrected chi connectivity index (χ2v) is 10.2. The Morgan fingerprint density at radius 2 is 1.59 bits per heavy atom. The molecule has 2 atom stereocenters. The van der Waals surface area contributed by atoms with Crippen molar-refractivity contribution >= 4 is 28.5 Å². The highest BCUT2D eigenvalue weighted by Gasteiger charge is 2.35. The Kier molecular flexibility index (Phi) is 12.2. The summed E-state index contributed by atoms with van der Waals surface area (Å²) in [5.41, 5.74) is 6.71. The quantitative estimate of drug-likeness (QED) is 0.276. The normalized spacial score (nSPS) is 12.5. The number of carbonyl (C=O) groups excluding carboxylic acids is 3. The van der Waals surface area contributed by atoms with E-state index in [9.17, 15) is 18.8 Å². The van der Waals surface area contributed by atoms with Gasteiger partial charge in [0.15, 0.2) is 0 Å². The van der Waals surface area contributed by atoms with Crippen LogP contribution in [0.3, 0.4) is 0 Å². The third-order valence-corrected chi connectivity index (χ3v) is 7.34. The molecule has 0 aliphatic carbocycles. The van der Waals surface area contributed by atoms with Crippen molar-refractivity contribution < 1.29 is 23.5 Å². The number of nitrogens with two attached hydrogens (primary N) is 1. The lowest BCUT2D eigenvalue weighted by molar-refractivity contribution is -0.149. The van der Waals surface area contributed by atoms with Gasteiger partial charge in [-0.25, -0.2) is 4.39 Å². The Balaban J connectivity index is 1.85. The topological polar surface area (TPSA) is 105 Å². The van der Waals surface area contributed by atoms with Gasteiger partial charge in [0.1, 0.15) is 24.5 Å². The molecule has 41 heavy (non-hydrogen) atoms.